The molecule has 1 atom stereocenters. The van der Waals surface area contributed by atoms with Gasteiger partial charge in [-0.15, -0.1) is 0 Å². The predicted octanol–water partition coefficient (Wildman–Crippen LogP) is 3.01. The number of thioether (sulfide) groups is 1. The van der Waals surface area contributed by atoms with E-state index in [0.29, 0.717) is 5.88 Å². The minimum Gasteiger partial charge on any atom is -0.374 e. The topological polar surface area (TPSA) is 70.4 Å². The molecule has 1 saturated heterocycles. The summed E-state index contributed by atoms with van der Waals surface area (Å²) in [4.78, 5) is 14.7. The summed E-state index contributed by atoms with van der Waals surface area (Å²) in [7, 11) is 0. The molecule has 140 valence electrons. The second kappa shape index (κ2) is 9.09. The monoisotopic (exact) mass is 374 g/mol. The van der Waals surface area contributed by atoms with Gasteiger partial charge >= 0.3 is 0 Å². The molecule has 1 aliphatic rings. The number of hydrogen-bond acceptors (Lipinski definition) is 6. The van der Waals surface area contributed by atoms with Crippen molar-refractivity contribution in [3.63, 3.8) is 0 Å². The van der Waals surface area contributed by atoms with Crippen molar-refractivity contribution in [3.8, 4) is 0 Å². The highest BCUT2D eigenvalue weighted by atomic mass is 32.2. The Balaban J connectivity index is 1.46. The smallest absolute Gasteiger partial charge is 0.248 e. The Kier molecular flexibility index (Phi) is 6.57. The number of anilines is 2. The molecule has 2 N–H and O–H groups in total. The van der Waals surface area contributed by atoms with Crippen LogP contribution in [0.2, 0.25) is 0 Å². The molecule has 0 unspecified atom stereocenters. The van der Waals surface area contributed by atoms with E-state index in [-0.39, 0.29) is 11.9 Å². The minimum absolute atomic E-state index is 0.159. The third-order valence-corrected chi connectivity index (χ3v) is 5.37. The lowest BCUT2D eigenvalue weighted by Crippen LogP contribution is -2.34. The Morgan fingerprint density at radius 3 is 2.69 bits per heavy atom. The number of aryl methyl sites for hydroxylation is 1. The molecule has 3 rings (SSSR count). The highest BCUT2D eigenvalue weighted by Crippen LogP contribution is 2.15. The average Bonchev–Trinajstić information content (AvgIpc) is 3.06. The zero-order chi connectivity index (χ0) is 18.4. The van der Waals surface area contributed by atoms with Crippen LogP contribution in [0.1, 0.15) is 18.2 Å². The Bertz CT molecular complexity index is 711. The normalized spacial score (nSPS) is 16.2. The Hall–Kier alpha value is -1.99. The van der Waals surface area contributed by atoms with Crippen LogP contribution in [-0.2, 0) is 11.2 Å². The van der Waals surface area contributed by atoms with Crippen molar-refractivity contribution in [3.05, 3.63) is 41.6 Å². The SMILES string of the molecule is Cc1cc(NC(=O)[C@@H](C)Nc2ccc(CCN3CCSCC3)cc2)on1. The van der Waals surface area contributed by atoms with Gasteiger partial charge in [-0.1, -0.05) is 17.3 Å². The number of nitrogens with zero attached hydrogens (tertiary/aromatic N) is 2. The van der Waals surface area contributed by atoms with Gasteiger partial charge in [0.15, 0.2) is 0 Å². The summed E-state index contributed by atoms with van der Waals surface area (Å²) in [6, 6.07) is 9.64. The van der Waals surface area contributed by atoms with Crippen molar-refractivity contribution in [1.82, 2.24) is 10.1 Å². The molecule has 2 heterocycles. The second-order valence-corrected chi connectivity index (χ2v) is 7.81. The van der Waals surface area contributed by atoms with Crippen molar-refractivity contribution < 1.29 is 9.32 Å². The maximum Gasteiger partial charge on any atom is 0.248 e. The van der Waals surface area contributed by atoms with Gasteiger partial charge in [-0.05, 0) is 38.0 Å². The number of carbonyl (C=O) groups excluding carboxylic acids is 1. The summed E-state index contributed by atoms with van der Waals surface area (Å²) >= 11 is 2.04. The highest BCUT2D eigenvalue weighted by Gasteiger charge is 2.15. The third-order valence-electron chi connectivity index (χ3n) is 4.43. The molecule has 26 heavy (non-hydrogen) atoms. The number of hydrogen-bond donors (Lipinski definition) is 2. The molecule has 1 aromatic heterocycles. The Labute approximate surface area is 158 Å². The molecular weight excluding hydrogens is 348 g/mol. The third kappa shape index (κ3) is 5.51. The Morgan fingerprint density at radius 2 is 2.04 bits per heavy atom. The van der Waals surface area contributed by atoms with Crippen LogP contribution in [0.25, 0.3) is 0 Å². The van der Waals surface area contributed by atoms with Crippen LogP contribution in [0.4, 0.5) is 11.6 Å². The van der Waals surface area contributed by atoms with Gasteiger partial charge in [0.1, 0.15) is 6.04 Å². The van der Waals surface area contributed by atoms with Crippen LogP contribution >= 0.6 is 11.8 Å². The van der Waals surface area contributed by atoms with E-state index in [1.54, 1.807) is 6.07 Å². The van der Waals surface area contributed by atoms with Crippen molar-refractivity contribution in [2.45, 2.75) is 26.3 Å². The second-order valence-electron chi connectivity index (χ2n) is 6.59. The quantitative estimate of drug-likeness (QED) is 0.776. The van der Waals surface area contributed by atoms with Crippen LogP contribution < -0.4 is 10.6 Å². The summed E-state index contributed by atoms with van der Waals surface area (Å²) in [6.07, 6.45) is 1.06. The fourth-order valence-corrected chi connectivity index (χ4v) is 3.83. The fourth-order valence-electron chi connectivity index (χ4n) is 2.85. The number of carbonyl (C=O) groups is 1. The van der Waals surface area contributed by atoms with Crippen LogP contribution in [0.3, 0.4) is 0 Å². The molecule has 6 nitrogen and oxygen atoms in total. The van der Waals surface area contributed by atoms with Crippen LogP contribution in [-0.4, -0.2) is 53.1 Å². The molecule has 1 fully saturated rings. The fraction of sp³-hybridized carbons (Fsp3) is 0.474. The van der Waals surface area contributed by atoms with E-state index in [1.165, 1.54) is 30.2 Å². The van der Waals surface area contributed by atoms with Gasteiger partial charge in [0.25, 0.3) is 0 Å². The summed E-state index contributed by atoms with van der Waals surface area (Å²) < 4.78 is 5.01. The number of amides is 1. The maximum atomic E-state index is 12.2. The van der Waals surface area contributed by atoms with Crippen LogP contribution in [0, 0.1) is 6.92 Å². The van der Waals surface area contributed by atoms with E-state index < -0.39 is 0 Å². The predicted molar refractivity (Wildman–Crippen MR) is 107 cm³/mol. The van der Waals surface area contributed by atoms with E-state index in [4.69, 9.17) is 4.52 Å². The van der Waals surface area contributed by atoms with Gasteiger partial charge in [0, 0.05) is 42.9 Å². The lowest BCUT2D eigenvalue weighted by atomic mass is 10.1. The van der Waals surface area contributed by atoms with Crippen molar-refractivity contribution in [2.75, 3.05) is 41.8 Å². The molecule has 7 heteroatoms. The van der Waals surface area contributed by atoms with Gasteiger partial charge in [-0.2, -0.15) is 11.8 Å². The summed E-state index contributed by atoms with van der Waals surface area (Å²) in [6.45, 7) is 7.14. The molecular formula is C19H26N4O2S. The first-order valence-corrected chi connectivity index (χ1v) is 10.2. The van der Waals surface area contributed by atoms with Crippen LogP contribution in [0.15, 0.2) is 34.9 Å². The molecule has 1 aromatic carbocycles. The molecule has 0 spiro atoms. The lowest BCUT2D eigenvalue weighted by Gasteiger charge is -2.26. The zero-order valence-electron chi connectivity index (χ0n) is 15.3. The first kappa shape index (κ1) is 18.8. The number of nitrogens with one attached hydrogen (secondary N) is 2. The van der Waals surface area contributed by atoms with Crippen molar-refractivity contribution in [1.29, 1.82) is 0 Å². The first-order chi connectivity index (χ1) is 12.6. The summed E-state index contributed by atoms with van der Waals surface area (Å²) in [5, 5.41) is 9.69. The van der Waals surface area contributed by atoms with E-state index in [2.05, 4.69) is 32.8 Å². The number of benzene rings is 1. The lowest BCUT2D eigenvalue weighted by molar-refractivity contribution is -0.116. The summed E-state index contributed by atoms with van der Waals surface area (Å²) in [5.41, 5.74) is 2.99. The summed E-state index contributed by atoms with van der Waals surface area (Å²) in [5.74, 6) is 2.70. The van der Waals surface area contributed by atoms with Gasteiger partial charge in [0.05, 0.1) is 5.69 Å². The first-order valence-electron chi connectivity index (χ1n) is 9.00. The molecule has 1 amide bonds. The molecule has 2 aromatic rings. The molecule has 0 bridgehead atoms. The number of aromatic nitrogens is 1. The molecule has 0 saturated carbocycles. The molecule has 0 aliphatic carbocycles. The van der Waals surface area contributed by atoms with Gasteiger partial charge < -0.3 is 14.7 Å². The Morgan fingerprint density at radius 1 is 1.31 bits per heavy atom. The zero-order valence-corrected chi connectivity index (χ0v) is 16.1. The van der Waals surface area contributed by atoms with Crippen molar-refractivity contribution >= 4 is 29.2 Å². The number of rotatable bonds is 7. The standard InChI is InChI=1S/C19H26N4O2S/c1-14-13-18(25-22-14)21-19(24)15(2)20-17-5-3-16(4-6-17)7-8-23-9-11-26-12-10-23/h3-6,13,15,20H,7-12H2,1-2H3,(H,21,24)/t15-/m1/s1. The molecule has 0 radical (unpaired) electrons. The maximum absolute atomic E-state index is 12.2. The van der Waals surface area contributed by atoms with E-state index >= 15 is 0 Å². The average molecular weight is 375 g/mol. The minimum atomic E-state index is -0.378. The van der Waals surface area contributed by atoms with E-state index in [0.717, 1.165) is 24.3 Å². The van der Waals surface area contributed by atoms with E-state index in [9.17, 15) is 4.79 Å². The molecule has 1 aliphatic heterocycles. The van der Waals surface area contributed by atoms with Gasteiger partial charge in [-0.25, -0.2) is 0 Å². The van der Waals surface area contributed by atoms with Gasteiger partial charge in [0.2, 0.25) is 11.8 Å². The van der Waals surface area contributed by atoms with Gasteiger partial charge in [-0.3, -0.25) is 10.1 Å². The van der Waals surface area contributed by atoms with Crippen LogP contribution in [0.5, 0.6) is 0 Å². The van der Waals surface area contributed by atoms with E-state index in [1.807, 2.05) is 37.7 Å². The largest absolute Gasteiger partial charge is 0.374 e. The van der Waals surface area contributed by atoms with Crippen molar-refractivity contribution in [2.24, 2.45) is 0 Å². The highest BCUT2D eigenvalue weighted by molar-refractivity contribution is 7.99.